The molecule has 0 unspecified atom stereocenters. The number of carbonyl (C=O) groups is 1. The fraction of sp³-hybridized carbons (Fsp3) is 0.250. The largest absolute Gasteiger partial charge is 0.304 e. The van der Waals surface area contributed by atoms with Gasteiger partial charge in [-0.2, -0.15) is 17.7 Å². The van der Waals surface area contributed by atoms with Crippen molar-refractivity contribution in [3.05, 3.63) is 35.9 Å². The van der Waals surface area contributed by atoms with Gasteiger partial charge in [0, 0.05) is 12.2 Å². The van der Waals surface area contributed by atoms with Crippen LogP contribution in [0.1, 0.15) is 12.0 Å². The molecule has 0 aliphatic carbocycles. The van der Waals surface area contributed by atoms with Crippen molar-refractivity contribution in [1.29, 1.82) is 0 Å². The summed E-state index contributed by atoms with van der Waals surface area (Å²) in [7, 11) is 0. The fourth-order valence-electron chi connectivity index (χ4n) is 1.42. The highest BCUT2D eigenvalue weighted by Crippen LogP contribution is 2.14. The lowest BCUT2D eigenvalue weighted by Crippen LogP contribution is -2.30. The monoisotopic (exact) mass is 279 g/mol. The third-order valence-corrected chi connectivity index (χ3v) is 3.40. The van der Waals surface area contributed by atoms with Gasteiger partial charge in [0.25, 0.3) is 0 Å². The molecule has 0 aromatic heterocycles. The van der Waals surface area contributed by atoms with Crippen LogP contribution in [-0.4, -0.2) is 28.3 Å². The van der Waals surface area contributed by atoms with E-state index in [2.05, 4.69) is 28.1 Å². The summed E-state index contributed by atoms with van der Waals surface area (Å²) in [5, 5.41) is 11.4. The summed E-state index contributed by atoms with van der Waals surface area (Å²) < 4.78 is 0. The first-order valence-electron chi connectivity index (χ1n) is 5.53. The SMILES string of the molecule is O=C(CCS)NC1=NN=C(c2ccccc2)CS1. The molecule has 0 spiro atoms. The van der Waals surface area contributed by atoms with Crippen molar-refractivity contribution in [3.63, 3.8) is 0 Å². The molecule has 18 heavy (non-hydrogen) atoms. The van der Waals surface area contributed by atoms with E-state index in [1.54, 1.807) is 0 Å². The molecule has 1 aromatic carbocycles. The molecule has 1 aliphatic heterocycles. The Morgan fingerprint density at radius 1 is 1.33 bits per heavy atom. The van der Waals surface area contributed by atoms with E-state index in [4.69, 9.17) is 0 Å². The number of amides is 1. The molecule has 1 aliphatic rings. The first-order chi connectivity index (χ1) is 8.79. The standard InChI is InChI=1S/C12H13N3OS2/c16-11(6-7-17)13-12-15-14-10(8-18-12)9-4-2-1-3-5-9/h1-5,17H,6-8H2,(H,13,15,16). The lowest BCUT2D eigenvalue weighted by atomic mass is 10.1. The van der Waals surface area contributed by atoms with Crippen molar-refractivity contribution in [1.82, 2.24) is 5.32 Å². The minimum Gasteiger partial charge on any atom is -0.304 e. The van der Waals surface area contributed by atoms with Crippen molar-refractivity contribution < 1.29 is 4.79 Å². The van der Waals surface area contributed by atoms with Crippen LogP contribution in [0.3, 0.4) is 0 Å². The van der Waals surface area contributed by atoms with E-state index in [1.807, 2.05) is 30.3 Å². The first kappa shape index (κ1) is 13.2. The van der Waals surface area contributed by atoms with Gasteiger partial charge in [-0.25, -0.2) is 0 Å². The smallest absolute Gasteiger partial charge is 0.226 e. The number of carbonyl (C=O) groups excluding carboxylic acids is 1. The average Bonchev–Trinajstić information content (AvgIpc) is 2.41. The molecule has 0 radical (unpaired) electrons. The minimum absolute atomic E-state index is 0.0744. The number of thioether (sulfide) groups is 1. The summed E-state index contributed by atoms with van der Waals surface area (Å²) in [4.78, 5) is 11.4. The third kappa shape index (κ3) is 3.61. The Hall–Kier alpha value is -1.27. The lowest BCUT2D eigenvalue weighted by molar-refractivity contribution is -0.119. The van der Waals surface area contributed by atoms with Crippen LogP contribution in [0, 0.1) is 0 Å². The number of hydrogen-bond donors (Lipinski definition) is 2. The Balaban J connectivity index is 2.02. The van der Waals surface area contributed by atoms with E-state index in [-0.39, 0.29) is 5.91 Å². The number of amidine groups is 1. The molecule has 94 valence electrons. The van der Waals surface area contributed by atoms with E-state index in [0.717, 1.165) is 11.3 Å². The zero-order valence-corrected chi connectivity index (χ0v) is 11.4. The van der Waals surface area contributed by atoms with Gasteiger partial charge >= 0.3 is 0 Å². The van der Waals surface area contributed by atoms with Crippen LogP contribution in [-0.2, 0) is 4.79 Å². The maximum absolute atomic E-state index is 11.4. The molecule has 1 amide bonds. The van der Waals surface area contributed by atoms with Gasteiger partial charge < -0.3 is 5.32 Å². The van der Waals surface area contributed by atoms with E-state index in [9.17, 15) is 4.79 Å². The van der Waals surface area contributed by atoms with E-state index < -0.39 is 0 Å². The molecule has 6 heteroatoms. The summed E-state index contributed by atoms with van der Waals surface area (Å²) in [6.45, 7) is 0. The predicted octanol–water partition coefficient (Wildman–Crippen LogP) is 1.93. The summed E-state index contributed by atoms with van der Waals surface area (Å²) in [5.74, 6) is 1.17. The maximum atomic E-state index is 11.4. The van der Waals surface area contributed by atoms with Gasteiger partial charge in [-0.05, 0) is 11.3 Å². The normalized spacial score (nSPS) is 14.7. The highest BCUT2D eigenvalue weighted by Gasteiger charge is 2.13. The van der Waals surface area contributed by atoms with Crippen molar-refractivity contribution in [2.45, 2.75) is 6.42 Å². The summed E-state index contributed by atoms with van der Waals surface area (Å²) in [5.41, 5.74) is 1.99. The Kier molecular flexibility index (Phi) is 4.83. The number of rotatable bonds is 3. The van der Waals surface area contributed by atoms with Crippen LogP contribution in [0.25, 0.3) is 0 Å². The van der Waals surface area contributed by atoms with E-state index in [0.29, 0.717) is 23.1 Å². The molecule has 2 rings (SSSR count). The van der Waals surface area contributed by atoms with Crippen LogP contribution in [0.5, 0.6) is 0 Å². The van der Waals surface area contributed by atoms with E-state index >= 15 is 0 Å². The van der Waals surface area contributed by atoms with Crippen molar-refractivity contribution in [2.75, 3.05) is 11.5 Å². The minimum atomic E-state index is -0.0744. The second kappa shape index (κ2) is 6.61. The van der Waals surface area contributed by atoms with Gasteiger partial charge in [-0.15, -0.1) is 5.10 Å². The van der Waals surface area contributed by atoms with Crippen LogP contribution < -0.4 is 5.32 Å². The molecule has 0 saturated carbocycles. The van der Waals surface area contributed by atoms with Crippen LogP contribution in [0.15, 0.2) is 40.5 Å². The van der Waals surface area contributed by atoms with Gasteiger partial charge in [-0.3, -0.25) is 4.79 Å². The maximum Gasteiger partial charge on any atom is 0.226 e. The van der Waals surface area contributed by atoms with Crippen molar-refractivity contribution >= 4 is 41.2 Å². The highest BCUT2D eigenvalue weighted by molar-refractivity contribution is 8.14. The fourth-order valence-corrected chi connectivity index (χ4v) is 2.40. The number of thiol groups is 1. The second-order valence-corrected chi connectivity index (χ2v) is 5.04. The van der Waals surface area contributed by atoms with Crippen LogP contribution in [0.4, 0.5) is 0 Å². The Labute approximate surface area is 115 Å². The van der Waals surface area contributed by atoms with Gasteiger partial charge in [0.2, 0.25) is 5.91 Å². The molecule has 0 fully saturated rings. The Morgan fingerprint density at radius 2 is 2.11 bits per heavy atom. The zero-order valence-electron chi connectivity index (χ0n) is 9.67. The molecule has 0 bridgehead atoms. The Bertz CT molecular complexity index is 485. The van der Waals surface area contributed by atoms with Gasteiger partial charge in [0.1, 0.15) is 0 Å². The highest BCUT2D eigenvalue weighted by atomic mass is 32.2. The number of hydrogen-bond acceptors (Lipinski definition) is 5. The summed E-state index contributed by atoms with van der Waals surface area (Å²) in [6.07, 6.45) is 0.387. The second-order valence-electron chi connectivity index (χ2n) is 3.63. The van der Waals surface area contributed by atoms with Gasteiger partial charge in [-0.1, -0.05) is 42.1 Å². The first-order valence-corrected chi connectivity index (χ1v) is 7.15. The molecule has 1 heterocycles. The molecule has 4 nitrogen and oxygen atoms in total. The number of benzene rings is 1. The summed E-state index contributed by atoms with van der Waals surface area (Å²) in [6, 6.07) is 9.90. The topological polar surface area (TPSA) is 53.8 Å². The molecule has 0 atom stereocenters. The summed E-state index contributed by atoms with van der Waals surface area (Å²) >= 11 is 5.49. The average molecular weight is 279 g/mol. The lowest BCUT2D eigenvalue weighted by Gasteiger charge is -2.12. The molecule has 0 saturated heterocycles. The molecule has 1 aromatic rings. The van der Waals surface area contributed by atoms with Crippen molar-refractivity contribution in [2.24, 2.45) is 10.2 Å². The van der Waals surface area contributed by atoms with Crippen LogP contribution >= 0.6 is 24.4 Å². The number of nitrogens with one attached hydrogen (secondary N) is 1. The number of nitrogens with zero attached hydrogens (tertiary/aromatic N) is 2. The molecule has 1 N–H and O–H groups in total. The quantitative estimate of drug-likeness (QED) is 0.831. The molecular formula is C12H13N3OS2. The van der Waals surface area contributed by atoms with E-state index in [1.165, 1.54) is 11.8 Å². The zero-order chi connectivity index (χ0) is 12.8. The Morgan fingerprint density at radius 3 is 2.72 bits per heavy atom. The molecular weight excluding hydrogens is 266 g/mol. The predicted molar refractivity (Wildman–Crippen MR) is 79.5 cm³/mol. The van der Waals surface area contributed by atoms with Gasteiger partial charge in [0.15, 0.2) is 5.17 Å². The third-order valence-electron chi connectivity index (χ3n) is 2.30. The van der Waals surface area contributed by atoms with Gasteiger partial charge in [0.05, 0.1) is 5.71 Å². The van der Waals surface area contributed by atoms with Crippen LogP contribution in [0.2, 0.25) is 0 Å². The van der Waals surface area contributed by atoms with Crippen molar-refractivity contribution in [3.8, 4) is 0 Å².